The van der Waals surface area contributed by atoms with Gasteiger partial charge in [0.15, 0.2) is 0 Å². The third kappa shape index (κ3) is 4.50. The van der Waals surface area contributed by atoms with Crippen LogP contribution in [0.1, 0.15) is 31.8 Å². The first-order valence-electron chi connectivity index (χ1n) is 7.79. The van der Waals surface area contributed by atoms with E-state index in [2.05, 4.69) is 5.32 Å². The van der Waals surface area contributed by atoms with E-state index >= 15 is 0 Å². The molecule has 2 N–H and O–H groups in total. The lowest BCUT2D eigenvalue weighted by Crippen LogP contribution is -2.25. The van der Waals surface area contributed by atoms with Crippen molar-refractivity contribution in [2.75, 3.05) is 20.8 Å². The molecule has 1 amide bonds. The topological polar surface area (TPSA) is 84.9 Å². The van der Waals surface area contributed by atoms with Crippen LogP contribution in [0.4, 0.5) is 0 Å². The van der Waals surface area contributed by atoms with Crippen LogP contribution in [0, 0.1) is 6.92 Å². The first-order chi connectivity index (χ1) is 12.0. The lowest BCUT2D eigenvalue weighted by atomic mass is 10.1. The van der Waals surface area contributed by atoms with Gasteiger partial charge in [-0.1, -0.05) is 12.1 Å². The second kappa shape index (κ2) is 8.19. The van der Waals surface area contributed by atoms with Gasteiger partial charge in [-0.05, 0) is 43.2 Å². The highest BCUT2D eigenvalue weighted by molar-refractivity contribution is 5.95. The summed E-state index contributed by atoms with van der Waals surface area (Å²) in [6, 6.07) is 9.99. The summed E-state index contributed by atoms with van der Waals surface area (Å²) in [6.07, 6.45) is 0.535. The number of carbonyl (C=O) groups is 2. The predicted molar refractivity (Wildman–Crippen MR) is 93.7 cm³/mol. The largest absolute Gasteiger partial charge is 0.496 e. The Hall–Kier alpha value is -3.02. The fourth-order valence-corrected chi connectivity index (χ4v) is 2.50. The smallest absolute Gasteiger partial charge is 0.335 e. The molecule has 6 nitrogen and oxygen atoms in total. The third-order valence-corrected chi connectivity index (χ3v) is 3.89. The van der Waals surface area contributed by atoms with E-state index < -0.39 is 5.97 Å². The Kier molecular flexibility index (Phi) is 6.00. The number of aromatic carboxylic acids is 1. The average molecular weight is 343 g/mol. The molecule has 0 aliphatic heterocycles. The van der Waals surface area contributed by atoms with Gasteiger partial charge in [0.1, 0.15) is 11.5 Å². The molecule has 0 aromatic heterocycles. The maximum Gasteiger partial charge on any atom is 0.335 e. The van der Waals surface area contributed by atoms with E-state index in [9.17, 15) is 9.59 Å². The number of ether oxygens (including phenoxy) is 2. The summed E-state index contributed by atoms with van der Waals surface area (Å²) in [7, 11) is 3.08. The van der Waals surface area contributed by atoms with Crippen LogP contribution in [0.2, 0.25) is 0 Å². The van der Waals surface area contributed by atoms with Crippen LogP contribution in [-0.4, -0.2) is 37.7 Å². The van der Waals surface area contributed by atoms with Crippen LogP contribution in [0.25, 0.3) is 0 Å². The number of nitrogens with one attached hydrogen (secondary N) is 1. The van der Waals surface area contributed by atoms with Crippen molar-refractivity contribution < 1.29 is 24.2 Å². The van der Waals surface area contributed by atoms with Gasteiger partial charge in [-0.3, -0.25) is 4.79 Å². The Morgan fingerprint density at radius 1 is 1.04 bits per heavy atom. The first kappa shape index (κ1) is 18.3. The molecule has 0 aliphatic rings. The molecule has 2 aromatic rings. The lowest BCUT2D eigenvalue weighted by molar-refractivity contribution is 0.0696. The molecule has 0 atom stereocenters. The number of carboxylic acid groups (broad SMARTS) is 1. The van der Waals surface area contributed by atoms with Crippen molar-refractivity contribution in [2.24, 2.45) is 0 Å². The second-order valence-corrected chi connectivity index (χ2v) is 5.52. The molecule has 0 bridgehead atoms. The van der Waals surface area contributed by atoms with Crippen LogP contribution < -0.4 is 14.8 Å². The van der Waals surface area contributed by atoms with Crippen molar-refractivity contribution in [3.63, 3.8) is 0 Å². The Morgan fingerprint density at radius 2 is 1.68 bits per heavy atom. The Labute approximate surface area is 146 Å². The van der Waals surface area contributed by atoms with Gasteiger partial charge in [-0.25, -0.2) is 4.79 Å². The molecular weight excluding hydrogens is 322 g/mol. The molecule has 2 rings (SSSR count). The number of rotatable bonds is 7. The van der Waals surface area contributed by atoms with E-state index in [0.29, 0.717) is 30.0 Å². The van der Waals surface area contributed by atoms with Gasteiger partial charge >= 0.3 is 5.97 Å². The zero-order valence-corrected chi connectivity index (χ0v) is 14.5. The monoisotopic (exact) mass is 343 g/mol. The molecule has 0 unspecified atom stereocenters. The Balaban J connectivity index is 2.03. The molecule has 0 fully saturated rings. The highest BCUT2D eigenvalue weighted by Crippen LogP contribution is 2.29. The van der Waals surface area contributed by atoms with Crippen LogP contribution in [0.15, 0.2) is 36.4 Å². The van der Waals surface area contributed by atoms with Gasteiger partial charge in [0.05, 0.1) is 19.8 Å². The van der Waals surface area contributed by atoms with Crippen molar-refractivity contribution >= 4 is 11.9 Å². The van der Waals surface area contributed by atoms with Crippen molar-refractivity contribution in [2.45, 2.75) is 13.3 Å². The SMILES string of the molecule is COc1cc(C(=O)NCCc2cccc(C(=O)O)c2)cc(OC)c1C. The molecule has 25 heavy (non-hydrogen) atoms. The Morgan fingerprint density at radius 3 is 2.24 bits per heavy atom. The molecule has 0 radical (unpaired) electrons. The molecule has 0 spiro atoms. The highest BCUT2D eigenvalue weighted by Gasteiger charge is 2.13. The van der Waals surface area contributed by atoms with Crippen molar-refractivity contribution in [1.29, 1.82) is 0 Å². The van der Waals surface area contributed by atoms with Gasteiger partial charge in [0, 0.05) is 17.7 Å². The number of carboxylic acids is 1. The molecule has 0 saturated carbocycles. The van der Waals surface area contributed by atoms with Crippen LogP contribution in [-0.2, 0) is 6.42 Å². The summed E-state index contributed by atoms with van der Waals surface area (Å²) in [4.78, 5) is 23.3. The summed E-state index contributed by atoms with van der Waals surface area (Å²) in [5, 5.41) is 11.8. The summed E-state index contributed by atoms with van der Waals surface area (Å²) < 4.78 is 10.5. The van der Waals surface area contributed by atoms with Gasteiger partial charge < -0.3 is 19.9 Å². The minimum absolute atomic E-state index is 0.233. The van der Waals surface area contributed by atoms with E-state index in [4.69, 9.17) is 14.6 Å². The number of carbonyl (C=O) groups excluding carboxylic acids is 1. The third-order valence-electron chi connectivity index (χ3n) is 3.89. The fourth-order valence-electron chi connectivity index (χ4n) is 2.50. The van der Waals surface area contributed by atoms with Crippen molar-refractivity contribution in [3.8, 4) is 11.5 Å². The summed E-state index contributed by atoms with van der Waals surface area (Å²) in [5.41, 5.74) is 2.35. The molecule has 0 aliphatic carbocycles. The van der Waals surface area contributed by atoms with E-state index in [-0.39, 0.29) is 11.5 Å². The average Bonchev–Trinajstić information content (AvgIpc) is 2.62. The maximum absolute atomic E-state index is 12.3. The normalized spacial score (nSPS) is 10.2. The van der Waals surface area contributed by atoms with Gasteiger partial charge in [-0.15, -0.1) is 0 Å². The van der Waals surface area contributed by atoms with E-state index in [0.717, 1.165) is 11.1 Å². The zero-order chi connectivity index (χ0) is 18.4. The molecule has 132 valence electrons. The van der Waals surface area contributed by atoms with Crippen molar-refractivity contribution in [1.82, 2.24) is 5.32 Å². The second-order valence-electron chi connectivity index (χ2n) is 5.52. The molecule has 6 heteroatoms. The van der Waals surface area contributed by atoms with Crippen LogP contribution in [0.3, 0.4) is 0 Å². The molecule has 0 saturated heterocycles. The van der Waals surface area contributed by atoms with E-state index in [1.165, 1.54) is 6.07 Å². The van der Waals surface area contributed by atoms with Gasteiger partial charge in [-0.2, -0.15) is 0 Å². The highest BCUT2D eigenvalue weighted by atomic mass is 16.5. The molecule has 0 heterocycles. The summed E-state index contributed by atoms with van der Waals surface area (Å²) in [6.45, 7) is 2.25. The molecular formula is C19H21NO5. The molecule has 2 aromatic carbocycles. The quantitative estimate of drug-likeness (QED) is 0.807. The van der Waals surface area contributed by atoms with Crippen LogP contribution in [0.5, 0.6) is 11.5 Å². The standard InChI is InChI=1S/C19H21NO5/c1-12-16(24-2)10-15(11-17(12)25-3)18(21)20-8-7-13-5-4-6-14(9-13)19(22)23/h4-6,9-11H,7-8H2,1-3H3,(H,20,21)(H,22,23). The maximum atomic E-state index is 12.3. The minimum Gasteiger partial charge on any atom is -0.496 e. The van der Waals surface area contributed by atoms with Gasteiger partial charge in [0.2, 0.25) is 0 Å². The summed E-state index contributed by atoms with van der Waals surface area (Å²) in [5.74, 6) is -0.0481. The van der Waals surface area contributed by atoms with Gasteiger partial charge in [0.25, 0.3) is 5.91 Å². The first-order valence-corrected chi connectivity index (χ1v) is 7.79. The van der Waals surface area contributed by atoms with Crippen molar-refractivity contribution in [3.05, 3.63) is 58.7 Å². The van der Waals surface area contributed by atoms with E-state index in [1.54, 1.807) is 38.5 Å². The number of amides is 1. The lowest BCUT2D eigenvalue weighted by Gasteiger charge is -2.13. The minimum atomic E-state index is -0.968. The zero-order valence-electron chi connectivity index (χ0n) is 14.5. The number of benzene rings is 2. The Bertz CT molecular complexity index is 760. The predicted octanol–water partition coefficient (Wildman–Crippen LogP) is 2.68. The number of hydrogen-bond acceptors (Lipinski definition) is 4. The summed E-state index contributed by atoms with van der Waals surface area (Å²) >= 11 is 0. The van der Waals surface area contributed by atoms with Crippen LogP contribution >= 0.6 is 0 Å². The fraction of sp³-hybridized carbons (Fsp3) is 0.263. The number of hydrogen-bond donors (Lipinski definition) is 2. The van der Waals surface area contributed by atoms with E-state index in [1.807, 2.05) is 13.0 Å². The number of methoxy groups -OCH3 is 2.